The standard InChI is InChI=1S/C13H25N3O3/c1-15(2)13(18)10-16(6-7-19-3)12(17)8-11-4-5-14-9-11/h11,14H,4-10H2,1-3H3. The summed E-state index contributed by atoms with van der Waals surface area (Å²) >= 11 is 0. The third-order valence-electron chi connectivity index (χ3n) is 3.37. The zero-order valence-electron chi connectivity index (χ0n) is 12.1. The summed E-state index contributed by atoms with van der Waals surface area (Å²) in [5.74, 6) is 0.377. The average Bonchev–Trinajstić information content (AvgIpc) is 2.86. The van der Waals surface area contributed by atoms with Crippen molar-refractivity contribution in [2.75, 3.05) is 54.0 Å². The van der Waals surface area contributed by atoms with E-state index >= 15 is 0 Å². The molecule has 0 bridgehead atoms. The second-order valence-electron chi connectivity index (χ2n) is 5.16. The number of methoxy groups -OCH3 is 1. The molecule has 0 aliphatic carbocycles. The summed E-state index contributed by atoms with van der Waals surface area (Å²) in [5, 5.41) is 3.25. The van der Waals surface area contributed by atoms with Gasteiger partial charge in [0.25, 0.3) is 0 Å². The summed E-state index contributed by atoms with van der Waals surface area (Å²) in [6, 6.07) is 0. The van der Waals surface area contributed by atoms with Crippen molar-refractivity contribution in [1.82, 2.24) is 15.1 Å². The number of likely N-dealkylation sites (N-methyl/N-ethyl adjacent to an activating group) is 1. The molecular formula is C13H25N3O3. The highest BCUT2D eigenvalue weighted by Crippen LogP contribution is 2.13. The summed E-state index contributed by atoms with van der Waals surface area (Å²) in [4.78, 5) is 27.1. The van der Waals surface area contributed by atoms with Crippen molar-refractivity contribution >= 4 is 11.8 Å². The molecule has 110 valence electrons. The number of amides is 2. The molecule has 6 nitrogen and oxygen atoms in total. The van der Waals surface area contributed by atoms with Crippen LogP contribution in [0.2, 0.25) is 0 Å². The Labute approximate surface area is 115 Å². The molecular weight excluding hydrogens is 246 g/mol. The summed E-state index contributed by atoms with van der Waals surface area (Å²) in [6.07, 6.45) is 1.54. The highest BCUT2D eigenvalue weighted by Gasteiger charge is 2.23. The molecule has 1 aliphatic rings. The molecule has 1 unspecified atom stereocenters. The molecule has 0 aromatic heterocycles. The fraction of sp³-hybridized carbons (Fsp3) is 0.846. The zero-order chi connectivity index (χ0) is 14.3. The number of hydrogen-bond donors (Lipinski definition) is 1. The number of nitrogens with one attached hydrogen (secondary N) is 1. The van der Waals surface area contributed by atoms with E-state index in [0.29, 0.717) is 25.5 Å². The first-order valence-corrected chi connectivity index (χ1v) is 6.72. The molecule has 0 spiro atoms. The van der Waals surface area contributed by atoms with E-state index in [1.54, 1.807) is 26.1 Å². The molecule has 0 radical (unpaired) electrons. The van der Waals surface area contributed by atoms with E-state index in [4.69, 9.17) is 4.74 Å². The molecule has 2 amide bonds. The van der Waals surface area contributed by atoms with E-state index in [0.717, 1.165) is 19.5 Å². The van der Waals surface area contributed by atoms with Gasteiger partial charge in [-0.25, -0.2) is 0 Å². The Bertz CT molecular complexity index is 302. The van der Waals surface area contributed by atoms with Gasteiger partial charge in [0.15, 0.2) is 0 Å². The lowest BCUT2D eigenvalue weighted by Gasteiger charge is -2.24. The van der Waals surface area contributed by atoms with Crippen LogP contribution in [-0.4, -0.2) is 75.6 Å². The highest BCUT2D eigenvalue weighted by atomic mass is 16.5. The predicted octanol–water partition coefficient (Wildman–Crippen LogP) is -0.451. The lowest BCUT2D eigenvalue weighted by Crippen LogP contribution is -2.42. The van der Waals surface area contributed by atoms with Crippen molar-refractivity contribution in [3.8, 4) is 0 Å². The average molecular weight is 271 g/mol. The van der Waals surface area contributed by atoms with Crippen molar-refractivity contribution in [2.24, 2.45) is 5.92 Å². The van der Waals surface area contributed by atoms with Gasteiger partial charge >= 0.3 is 0 Å². The maximum atomic E-state index is 12.2. The van der Waals surface area contributed by atoms with Crippen LogP contribution >= 0.6 is 0 Å². The molecule has 0 aromatic carbocycles. The predicted molar refractivity (Wildman–Crippen MR) is 72.7 cm³/mol. The van der Waals surface area contributed by atoms with Crippen LogP contribution in [0.5, 0.6) is 0 Å². The molecule has 1 rings (SSSR count). The SMILES string of the molecule is COCCN(CC(=O)N(C)C)C(=O)CC1CCNC1. The van der Waals surface area contributed by atoms with Gasteiger partial charge in [-0.2, -0.15) is 0 Å². The number of rotatable bonds is 7. The highest BCUT2D eigenvalue weighted by molar-refractivity contribution is 5.84. The van der Waals surface area contributed by atoms with Crippen molar-refractivity contribution in [3.05, 3.63) is 0 Å². The van der Waals surface area contributed by atoms with E-state index in [1.165, 1.54) is 4.90 Å². The monoisotopic (exact) mass is 271 g/mol. The minimum absolute atomic E-state index is 0.0425. The lowest BCUT2D eigenvalue weighted by atomic mass is 10.0. The number of nitrogens with zero attached hydrogens (tertiary/aromatic N) is 2. The van der Waals surface area contributed by atoms with Gasteiger partial charge in [-0.05, 0) is 25.4 Å². The van der Waals surface area contributed by atoms with Gasteiger partial charge in [-0.15, -0.1) is 0 Å². The van der Waals surface area contributed by atoms with E-state index in [2.05, 4.69) is 5.32 Å². The van der Waals surface area contributed by atoms with Crippen LogP contribution < -0.4 is 5.32 Å². The minimum Gasteiger partial charge on any atom is -0.383 e. The number of ether oxygens (including phenoxy) is 1. The number of hydrogen-bond acceptors (Lipinski definition) is 4. The van der Waals surface area contributed by atoms with E-state index in [1.807, 2.05) is 0 Å². The van der Waals surface area contributed by atoms with Crippen molar-refractivity contribution in [2.45, 2.75) is 12.8 Å². The van der Waals surface area contributed by atoms with E-state index < -0.39 is 0 Å². The maximum Gasteiger partial charge on any atom is 0.241 e. The van der Waals surface area contributed by atoms with Crippen molar-refractivity contribution in [3.63, 3.8) is 0 Å². The molecule has 0 saturated carbocycles. The van der Waals surface area contributed by atoms with Crippen molar-refractivity contribution in [1.29, 1.82) is 0 Å². The second-order valence-corrected chi connectivity index (χ2v) is 5.16. The van der Waals surface area contributed by atoms with Crippen LogP contribution in [0.15, 0.2) is 0 Å². The smallest absolute Gasteiger partial charge is 0.241 e. The van der Waals surface area contributed by atoms with Crippen LogP contribution in [0.25, 0.3) is 0 Å². The van der Waals surface area contributed by atoms with Crippen LogP contribution in [0.1, 0.15) is 12.8 Å². The van der Waals surface area contributed by atoms with E-state index in [-0.39, 0.29) is 18.4 Å². The Balaban J connectivity index is 2.50. The number of carbonyl (C=O) groups excluding carboxylic acids is 2. The fourth-order valence-electron chi connectivity index (χ4n) is 2.06. The van der Waals surface area contributed by atoms with Gasteiger partial charge in [0.05, 0.1) is 13.2 Å². The van der Waals surface area contributed by atoms with Gasteiger partial charge in [0.1, 0.15) is 0 Å². The van der Waals surface area contributed by atoms with Gasteiger partial charge < -0.3 is 19.9 Å². The van der Waals surface area contributed by atoms with Crippen LogP contribution in [-0.2, 0) is 14.3 Å². The largest absolute Gasteiger partial charge is 0.383 e. The summed E-state index contributed by atoms with van der Waals surface area (Å²) < 4.78 is 5.00. The first kappa shape index (κ1) is 15.9. The van der Waals surface area contributed by atoms with Gasteiger partial charge in [0, 0.05) is 34.2 Å². The minimum atomic E-state index is -0.0611. The van der Waals surface area contributed by atoms with Crippen LogP contribution in [0.4, 0.5) is 0 Å². The molecule has 6 heteroatoms. The Morgan fingerprint density at radius 1 is 1.32 bits per heavy atom. The zero-order valence-corrected chi connectivity index (χ0v) is 12.1. The normalized spacial score (nSPS) is 18.4. The third kappa shape index (κ3) is 5.57. The van der Waals surface area contributed by atoms with E-state index in [9.17, 15) is 9.59 Å². The Morgan fingerprint density at radius 2 is 2.05 bits per heavy atom. The van der Waals surface area contributed by atoms with Gasteiger partial charge in [0.2, 0.25) is 11.8 Å². The Kier molecular flexibility index (Phi) is 6.80. The summed E-state index contributed by atoms with van der Waals surface area (Å²) in [6.45, 7) is 2.93. The molecule has 1 atom stereocenters. The quantitative estimate of drug-likeness (QED) is 0.681. The number of carbonyl (C=O) groups is 2. The van der Waals surface area contributed by atoms with Gasteiger partial charge in [-0.1, -0.05) is 0 Å². The van der Waals surface area contributed by atoms with Crippen LogP contribution in [0.3, 0.4) is 0 Å². The summed E-state index contributed by atoms with van der Waals surface area (Å²) in [7, 11) is 4.99. The van der Waals surface area contributed by atoms with Gasteiger partial charge in [-0.3, -0.25) is 9.59 Å². The Morgan fingerprint density at radius 3 is 2.58 bits per heavy atom. The molecule has 1 saturated heterocycles. The fourth-order valence-corrected chi connectivity index (χ4v) is 2.06. The lowest BCUT2D eigenvalue weighted by molar-refractivity contribution is -0.140. The molecule has 0 aromatic rings. The van der Waals surface area contributed by atoms with Crippen LogP contribution in [0, 0.1) is 5.92 Å². The second kappa shape index (κ2) is 8.12. The Hall–Kier alpha value is -1.14. The van der Waals surface area contributed by atoms with Crippen molar-refractivity contribution < 1.29 is 14.3 Å². The molecule has 1 aliphatic heterocycles. The molecule has 1 heterocycles. The molecule has 1 fully saturated rings. The first-order chi connectivity index (χ1) is 9.04. The molecule has 19 heavy (non-hydrogen) atoms. The first-order valence-electron chi connectivity index (χ1n) is 6.72. The molecule has 1 N–H and O–H groups in total. The topological polar surface area (TPSA) is 61.9 Å². The summed E-state index contributed by atoms with van der Waals surface area (Å²) in [5.41, 5.74) is 0. The maximum absolute atomic E-state index is 12.2. The third-order valence-corrected chi connectivity index (χ3v) is 3.37.